The fourth-order valence-corrected chi connectivity index (χ4v) is 3.10. The van der Waals surface area contributed by atoms with E-state index >= 15 is 0 Å². The van der Waals surface area contributed by atoms with Gasteiger partial charge in [-0.1, -0.05) is 60.2 Å². The summed E-state index contributed by atoms with van der Waals surface area (Å²) < 4.78 is 5.42. The number of ether oxygens (including phenoxy) is 1. The molecular weight excluding hydrogens is 310 g/mol. The van der Waals surface area contributed by atoms with Crippen LogP contribution in [0.2, 0.25) is 0 Å². The highest BCUT2D eigenvalue weighted by molar-refractivity contribution is 5.85. The predicted octanol–water partition coefficient (Wildman–Crippen LogP) is 4.58. The molecule has 1 N–H and O–H groups in total. The Balaban J connectivity index is 1.72. The van der Waals surface area contributed by atoms with Gasteiger partial charge >= 0.3 is 0 Å². The van der Waals surface area contributed by atoms with Crippen molar-refractivity contribution in [3.63, 3.8) is 0 Å². The van der Waals surface area contributed by atoms with Gasteiger partial charge in [0.25, 0.3) is 0 Å². The van der Waals surface area contributed by atoms with Crippen molar-refractivity contribution >= 4 is 16.7 Å². The van der Waals surface area contributed by atoms with Gasteiger partial charge in [-0.15, -0.1) is 0 Å². The summed E-state index contributed by atoms with van der Waals surface area (Å²) in [6.07, 6.45) is 0.364. The predicted molar refractivity (Wildman–Crippen MR) is 102 cm³/mol. The summed E-state index contributed by atoms with van der Waals surface area (Å²) in [4.78, 5) is 12.5. The van der Waals surface area contributed by atoms with E-state index in [0.717, 1.165) is 27.8 Å². The number of methoxy groups -OCH3 is 1. The van der Waals surface area contributed by atoms with Crippen LogP contribution in [0.5, 0.6) is 5.75 Å². The Morgan fingerprint density at radius 3 is 2.56 bits per heavy atom. The lowest BCUT2D eigenvalue weighted by Gasteiger charge is -2.18. The summed E-state index contributed by atoms with van der Waals surface area (Å²) in [5.41, 5.74) is 3.15. The van der Waals surface area contributed by atoms with E-state index in [1.807, 2.05) is 44.2 Å². The number of carbonyl (C=O) groups excluding carboxylic acids is 1. The topological polar surface area (TPSA) is 38.3 Å². The zero-order valence-electron chi connectivity index (χ0n) is 14.9. The van der Waals surface area contributed by atoms with Gasteiger partial charge in [-0.25, -0.2) is 0 Å². The molecule has 0 saturated carbocycles. The number of benzene rings is 3. The van der Waals surface area contributed by atoms with E-state index in [1.54, 1.807) is 7.11 Å². The van der Waals surface area contributed by atoms with Gasteiger partial charge in [0.15, 0.2) is 0 Å². The van der Waals surface area contributed by atoms with Crippen molar-refractivity contribution in [2.24, 2.45) is 0 Å². The highest BCUT2D eigenvalue weighted by atomic mass is 16.5. The van der Waals surface area contributed by atoms with Crippen molar-refractivity contribution in [3.05, 3.63) is 77.4 Å². The summed E-state index contributed by atoms with van der Waals surface area (Å²) in [6.45, 7) is 4.02. The highest BCUT2D eigenvalue weighted by Gasteiger charge is 2.14. The second-order valence-electron chi connectivity index (χ2n) is 6.39. The second kappa shape index (κ2) is 7.39. The van der Waals surface area contributed by atoms with Gasteiger partial charge in [0.05, 0.1) is 19.6 Å². The maximum atomic E-state index is 12.5. The van der Waals surface area contributed by atoms with Crippen LogP contribution in [0.15, 0.2) is 60.7 Å². The SMILES string of the molecule is COc1ccc(C)cc1[C@H](C)NC(=O)Cc1ccc2ccccc2c1. The number of hydrogen-bond acceptors (Lipinski definition) is 2. The minimum atomic E-state index is -0.109. The lowest BCUT2D eigenvalue weighted by molar-refractivity contribution is -0.121. The molecule has 0 heterocycles. The Morgan fingerprint density at radius 1 is 1.04 bits per heavy atom. The molecule has 0 bridgehead atoms. The molecule has 0 spiro atoms. The minimum Gasteiger partial charge on any atom is -0.496 e. The third-order valence-corrected chi connectivity index (χ3v) is 4.41. The number of nitrogens with one attached hydrogen (secondary N) is 1. The van der Waals surface area contributed by atoms with Crippen molar-refractivity contribution in [2.45, 2.75) is 26.3 Å². The Kier molecular flexibility index (Phi) is 5.03. The van der Waals surface area contributed by atoms with Crippen LogP contribution in [-0.2, 0) is 11.2 Å². The smallest absolute Gasteiger partial charge is 0.224 e. The molecule has 0 aliphatic heterocycles. The second-order valence-corrected chi connectivity index (χ2v) is 6.39. The molecule has 3 aromatic carbocycles. The molecule has 0 saturated heterocycles. The van der Waals surface area contributed by atoms with E-state index in [2.05, 4.69) is 35.6 Å². The largest absolute Gasteiger partial charge is 0.496 e. The van der Waals surface area contributed by atoms with Crippen LogP contribution < -0.4 is 10.1 Å². The summed E-state index contributed by atoms with van der Waals surface area (Å²) in [6, 6.07) is 20.2. The van der Waals surface area contributed by atoms with Gasteiger partial charge in [-0.3, -0.25) is 4.79 Å². The van der Waals surface area contributed by atoms with Gasteiger partial charge in [-0.2, -0.15) is 0 Å². The van der Waals surface area contributed by atoms with Crippen LogP contribution >= 0.6 is 0 Å². The molecule has 0 aromatic heterocycles. The minimum absolute atomic E-state index is 0.00587. The zero-order valence-corrected chi connectivity index (χ0v) is 14.9. The van der Waals surface area contributed by atoms with Crippen molar-refractivity contribution in [1.29, 1.82) is 0 Å². The number of fused-ring (bicyclic) bond motifs is 1. The Labute approximate surface area is 148 Å². The molecule has 0 aliphatic carbocycles. The first-order valence-electron chi connectivity index (χ1n) is 8.48. The van der Waals surface area contributed by atoms with Crippen LogP contribution in [0.3, 0.4) is 0 Å². The molecule has 0 aliphatic rings. The molecule has 3 rings (SSSR count). The standard InChI is InChI=1S/C22H23NO2/c1-15-8-11-21(25-3)20(12-15)16(2)23-22(24)14-17-9-10-18-6-4-5-7-19(18)13-17/h4-13,16H,14H2,1-3H3,(H,23,24)/t16-/m0/s1. The molecule has 128 valence electrons. The van der Waals surface area contributed by atoms with Gasteiger partial charge in [-0.05, 0) is 36.2 Å². The summed E-state index contributed by atoms with van der Waals surface area (Å²) >= 11 is 0. The Bertz CT molecular complexity index is 901. The average Bonchev–Trinajstić information content (AvgIpc) is 2.61. The van der Waals surface area contributed by atoms with Crippen LogP contribution in [0, 0.1) is 6.92 Å². The van der Waals surface area contributed by atoms with E-state index in [9.17, 15) is 4.79 Å². The molecule has 3 aromatic rings. The Hall–Kier alpha value is -2.81. The van der Waals surface area contributed by atoms with Crippen molar-refractivity contribution in [3.8, 4) is 5.75 Å². The van der Waals surface area contributed by atoms with Crippen LogP contribution in [0.25, 0.3) is 10.8 Å². The molecule has 3 nitrogen and oxygen atoms in total. The molecule has 1 amide bonds. The normalized spacial score (nSPS) is 12.0. The lowest BCUT2D eigenvalue weighted by Crippen LogP contribution is -2.28. The summed E-state index contributed by atoms with van der Waals surface area (Å²) in [5.74, 6) is 0.801. The molecule has 25 heavy (non-hydrogen) atoms. The highest BCUT2D eigenvalue weighted by Crippen LogP contribution is 2.26. The number of aryl methyl sites for hydroxylation is 1. The van der Waals surface area contributed by atoms with Crippen LogP contribution in [-0.4, -0.2) is 13.0 Å². The van der Waals surface area contributed by atoms with Crippen molar-refractivity contribution in [2.75, 3.05) is 7.11 Å². The molecular formula is C22H23NO2. The van der Waals surface area contributed by atoms with Gasteiger partial charge in [0.2, 0.25) is 5.91 Å². The Morgan fingerprint density at radius 2 is 1.80 bits per heavy atom. The monoisotopic (exact) mass is 333 g/mol. The number of rotatable bonds is 5. The van der Waals surface area contributed by atoms with E-state index in [1.165, 1.54) is 5.39 Å². The van der Waals surface area contributed by atoms with Crippen LogP contribution in [0.4, 0.5) is 0 Å². The third kappa shape index (κ3) is 4.00. The summed E-state index contributed by atoms with van der Waals surface area (Å²) in [7, 11) is 1.65. The number of hydrogen-bond donors (Lipinski definition) is 1. The fraction of sp³-hybridized carbons (Fsp3) is 0.227. The van der Waals surface area contributed by atoms with E-state index in [4.69, 9.17) is 4.74 Å². The average molecular weight is 333 g/mol. The number of amides is 1. The molecule has 1 atom stereocenters. The maximum Gasteiger partial charge on any atom is 0.224 e. The van der Waals surface area contributed by atoms with E-state index in [0.29, 0.717) is 6.42 Å². The van der Waals surface area contributed by atoms with Gasteiger partial charge in [0, 0.05) is 5.56 Å². The fourth-order valence-electron chi connectivity index (χ4n) is 3.10. The first-order chi connectivity index (χ1) is 12.1. The van der Waals surface area contributed by atoms with Crippen LogP contribution in [0.1, 0.15) is 29.7 Å². The van der Waals surface area contributed by atoms with E-state index < -0.39 is 0 Å². The molecule has 0 fully saturated rings. The number of carbonyl (C=O) groups is 1. The first kappa shape index (κ1) is 17.0. The summed E-state index contributed by atoms with van der Waals surface area (Å²) in [5, 5.41) is 5.41. The molecule has 0 radical (unpaired) electrons. The van der Waals surface area contributed by atoms with Crippen molar-refractivity contribution < 1.29 is 9.53 Å². The zero-order chi connectivity index (χ0) is 17.8. The van der Waals surface area contributed by atoms with Gasteiger partial charge < -0.3 is 10.1 Å². The molecule has 0 unspecified atom stereocenters. The van der Waals surface area contributed by atoms with E-state index in [-0.39, 0.29) is 11.9 Å². The van der Waals surface area contributed by atoms with Crippen molar-refractivity contribution in [1.82, 2.24) is 5.32 Å². The third-order valence-electron chi connectivity index (χ3n) is 4.41. The molecule has 3 heteroatoms. The quantitative estimate of drug-likeness (QED) is 0.742. The maximum absolute atomic E-state index is 12.5. The van der Waals surface area contributed by atoms with Gasteiger partial charge in [0.1, 0.15) is 5.75 Å². The first-order valence-corrected chi connectivity index (χ1v) is 8.48. The lowest BCUT2D eigenvalue weighted by atomic mass is 10.0.